The molecule has 0 aliphatic heterocycles. The van der Waals surface area contributed by atoms with Gasteiger partial charge in [-0.15, -0.1) is 0 Å². The Morgan fingerprint density at radius 1 is 1.37 bits per heavy atom. The van der Waals surface area contributed by atoms with Crippen LogP contribution in [-0.4, -0.2) is 12.2 Å². The lowest BCUT2D eigenvalue weighted by molar-refractivity contribution is 0.0524. The van der Waals surface area contributed by atoms with E-state index in [4.69, 9.17) is 16.3 Å². The van der Waals surface area contributed by atoms with Gasteiger partial charge in [0.2, 0.25) is 0 Å². The summed E-state index contributed by atoms with van der Waals surface area (Å²) in [5.41, 5.74) is 1.68. The topological polar surface area (TPSA) is 38.3 Å². The van der Waals surface area contributed by atoms with Crippen molar-refractivity contribution in [2.45, 2.75) is 45.6 Å². The summed E-state index contributed by atoms with van der Waals surface area (Å²) in [7, 11) is 0. The van der Waals surface area contributed by atoms with Crippen molar-refractivity contribution in [1.82, 2.24) is 0 Å². The van der Waals surface area contributed by atoms with E-state index >= 15 is 0 Å². The number of amides is 1. The number of halogens is 1. The number of carbonyl (C=O) groups is 1. The molecule has 1 aliphatic carbocycles. The first-order valence-corrected chi connectivity index (χ1v) is 7.18. The van der Waals surface area contributed by atoms with Crippen molar-refractivity contribution in [2.24, 2.45) is 5.92 Å². The summed E-state index contributed by atoms with van der Waals surface area (Å²) in [6, 6.07) is 5.37. The molecule has 0 spiro atoms. The van der Waals surface area contributed by atoms with Crippen molar-refractivity contribution in [2.75, 3.05) is 5.32 Å². The Labute approximate surface area is 119 Å². The molecule has 4 heteroatoms. The van der Waals surface area contributed by atoms with Crippen molar-refractivity contribution in [3.63, 3.8) is 0 Å². The number of hydrogen-bond acceptors (Lipinski definition) is 2. The Balaban J connectivity index is 1.93. The number of carbonyl (C=O) groups excluding carboxylic acids is 1. The molecule has 0 heterocycles. The molecular formula is C15H20ClNO2. The van der Waals surface area contributed by atoms with Crippen molar-refractivity contribution >= 4 is 23.4 Å². The monoisotopic (exact) mass is 281 g/mol. The maximum Gasteiger partial charge on any atom is 0.411 e. The van der Waals surface area contributed by atoms with Crippen LogP contribution in [-0.2, 0) is 4.74 Å². The fourth-order valence-corrected chi connectivity index (χ4v) is 2.73. The van der Waals surface area contributed by atoms with E-state index in [0.717, 1.165) is 30.5 Å². The lowest BCUT2D eigenvalue weighted by atomic mass is 9.88. The van der Waals surface area contributed by atoms with E-state index in [0.29, 0.717) is 10.9 Å². The van der Waals surface area contributed by atoms with Gasteiger partial charge >= 0.3 is 6.09 Å². The van der Waals surface area contributed by atoms with E-state index in [2.05, 4.69) is 12.2 Å². The minimum absolute atomic E-state index is 0.0429. The molecule has 1 aromatic carbocycles. The van der Waals surface area contributed by atoms with Crippen LogP contribution < -0.4 is 5.32 Å². The molecule has 1 amide bonds. The Kier molecular flexibility index (Phi) is 4.70. The Hall–Kier alpha value is -1.22. The van der Waals surface area contributed by atoms with Gasteiger partial charge in [0, 0.05) is 10.7 Å². The first-order valence-electron chi connectivity index (χ1n) is 6.80. The highest BCUT2D eigenvalue weighted by Gasteiger charge is 2.24. The van der Waals surface area contributed by atoms with Crippen LogP contribution in [0.4, 0.5) is 10.5 Å². The molecule has 0 bridgehead atoms. The predicted octanol–water partition coefficient (Wildman–Crippen LogP) is 4.78. The van der Waals surface area contributed by atoms with Gasteiger partial charge in [0.05, 0.1) is 0 Å². The molecule has 1 aromatic rings. The molecule has 1 fully saturated rings. The molecule has 3 nitrogen and oxygen atoms in total. The van der Waals surface area contributed by atoms with Crippen LogP contribution in [0, 0.1) is 12.8 Å². The maximum atomic E-state index is 11.9. The van der Waals surface area contributed by atoms with E-state index in [1.54, 1.807) is 12.1 Å². The molecule has 0 radical (unpaired) electrons. The van der Waals surface area contributed by atoms with Crippen LogP contribution in [0.25, 0.3) is 0 Å². The van der Waals surface area contributed by atoms with Crippen LogP contribution >= 0.6 is 11.6 Å². The third-order valence-corrected chi connectivity index (χ3v) is 3.95. The summed E-state index contributed by atoms with van der Waals surface area (Å²) in [5.74, 6) is 0.450. The van der Waals surface area contributed by atoms with Crippen molar-refractivity contribution in [1.29, 1.82) is 0 Å². The first-order chi connectivity index (χ1) is 9.06. The summed E-state index contributed by atoms with van der Waals surface area (Å²) < 4.78 is 5.51. The molecule has 0 aromatic heterocycles. The smallest absolute Gasteiger partial charge is 0.411 e. The van der Waals surface area contributed by atoms with Crippen molar-refractivity contribution in [3.05, 3.63) is 28.8 Å². The van der Waals surface area contributed by atoms with Gasteiger partial charge in [0.15, 0.2) is 0 Å². The van der Waals surface area contributed by atoms with Gasteiger partial charge in [-0.2, -0.15) is 0 Å². The quantitative estimate of drug-likeness (QED) is 0.847. The maximum absolute atomic E-state index is 11.9. The number of hydrogen-bond donors (Lipinski definition) is 1. The van der Waals surface area contributed by atoms with Gasteiger partial charge in [-0.05, 0) is 55.9 Å². The number of benzene rings is 1. The molecule has 104 valence electrons. The van der Waals surface area contributed by atoms with Crippen LogP contribution in [0.2, 0.25) is 5.02 Å². The van der Waals surface area contributed by atoms with Gasteiger partial charge in [-0.3, -0.25) is 5.32 Å². The van der Waals surface area contributed by atoms with Gasteiger partial charge in [-0.25, -0.2) is 4.79 Å². The molecule has 19 heavy (non-hydrogen) atoms. The van der Waals surface area contributed by atoms with E-state index in [1.807, 2.05) is 13.0 Å². The first kappa shape index (κ1) is 14.2. The molecule has 0 saturated heterocycles. The lowest BCUT2D eigenvalue weighted by Gasteiger charge is -2.28. The van der Waals surface area contributed by atoms with Gasteiger partial charge in [0.1, 0.15) is 6.10 Å². The third-order valence-electron chi connectivity index (χ3n) is 3.72. The Morgan fingerprint density at radius 3 is 2.79 bits per heavy atom. The summed E-state index contributed by atoms with van der Waals surface area (Å²) in [6.07, 6.45) is 4.15. The summed E-state index contributed by atoms with van der Waals surface area (Å²) >= 11 is 5.88. The third kappa shape index (κ3) is 3.87. The molecule has 0 unspecified atom stereocenters. The molecular weight excluding hydrogens is 262 g/mol. The van der Waals surface area contributed by atoms with Gasteiger partial charge in [0.25, 0.3) is 0 Å². The van der Waals surface area contributed by atoms with Crippen molar-refractivity contribution in [3.8, 4) is 0 Å². The number of nitrogens with one attached hydrogen (secondary N) is 1. The minimum Gasteiger partial charge on any atom is -0.446 e. The average Bonchev–Trinajstić information content (AvgIpc) is 2.36. The van der Waals surface area contributed by atoms with Crippen molar-refractivity contribution < 1.29 is 9.53 Å². The zero-order chi connectivity index (χ0) is 13.8. The summed E-state index contributed by atoms with van der Waals surface area (Å²) in [6.45, 7) is 4.05. The molecule has 1 aliphatic rings. The van der Waals surface area contributed by atoms with Crippen LogP contribution in [0.15, 0.2) is 18.2 Å². The fraction of sp³-hybridized carbons (Fsp3) is 0.533. The van der Waals surface area contributed by atoms with E-state index in [1.165, 1.54) is 6.42 Å². The number of ether oxygens (including phenoxy) is 1. The second-order valence-corrected chi connectivity index (χ2v) is 5.73. The largest absolute Gasteiger partial charge is 0.446 e. The standard InChI is InChI=1S/C15H20ClNO2/c1-10-5-3-4-6-14(10)19-15(18)17-13-8-7-12(16)9-11(13)2/h7-10,14H,3-6H2,1-2H3,(H,17,18)/t10-,14+/m1/s1. The zero-order valence-corrected chi connectivity index (χ0v) is 12.2. The molecule has 1 saturated carbocycles. The highest BCUT2D eigenvalue weighted by atomic mass is 35.5. The SMILES string of the molecule is Cc1cc(Cl)ccc1NC(=O)O[C@H]1CCCC[C@H]1C. The van der Waals surface area contributed by atoms with Crippen LogP contribution in [0.3, 0.4) is 0 Å². The normalized spacial score (nSPS) is 22.9. The molecule has 2 rings (SSSR count). The fourth-order valence-electron chi connectivity index (χ4n) is 2.50. The van der Waals surface area contributed by atoms with E-state index in [-0.39, 0.29) is 12.2 Å². The van der Waals surface area contributed by atoms with E-state index in [9.17, 15) is 4.79 Å². The number of anilines is 1. The summed E-state index contributed by atoms with van der Waals surface area (Å²) in [4.78, 5) is 11.9. The number of rotatable bonds is 2. The number of aryl methyl sites for hydroxylation is 1. The predicted molar refractivity (Wildman–Crippen MR) is 77.7 cm³/mol. The lowest BCUT2D eigenvalue weighted by Crippen LogP contribution is -2.30. The second-order valence-electron chi connectivity index (χ2n) is 5.29. The zero-order valence-electron chi connectivity index (χ0n) is 11.4. The van der Waals surface area contributed by atoms with Gasteiger partial charge < -0.3 is 4.74 Å². The Bertz CT molecular complexity index is 461. The Morgan fingerprint density at radius 2 is 2.11 bits per heavy atom. The van der Waals surface area contributed by atoms with Crippen LogP contribution in [0.5, 0.6) is 0 Å². The minimum atomic E-state index is -0.371. The molecule has 1 N–H and O–H groups in total. The second kappa shape index (κ2) is 6.29. The highest BCUT2D eigenvalue weighted by molar-refractivity contribution is 6.30. The van der Waals surface area contributed by atoms with Gasteiger partial charge in [-0.1, -0.05) is 24.9 Å². The average molecular weight is 282 g/mol. The summed E-state index contributed by atoms with van der Waals surface area (Å²) in [5, 5.41) is 3.45. The molecule has 2 atom stereocenters. The van der Waals surface area contributed by atoms with E-state index < -0.39 is 0 Å². The van der Waals surface area contributed by atoms with Crippen LogP contribution in [0.1, 0.15) is 38.2 Å². The highest BCUT2D eigenvalue weighted by Crippen LogP contribution is 2.27.